The first-order chi connectivity index (χ1) is 18.0. The highest BCUT2D eigenvalue weighted by Crippen LogP contribution is 2.34. The van der Waals surface area contributed by atoms with Gasteiger partial charge in [-0.1, -0.05) is 18.2 Å². The van der Waals surface area contributed by atoms with Gasteiger partial charge >= 0.3 is 0 Å². The third-order valence-electron chi connectivity index (χ3n) is 7.50. The van der Waals surface area contributed by atoms with Gasteiger partial charge in [0.1, 0.15) is 4.90 Å². The van der Waals surface area contributed by atoms with E-state index in [-0.39, 0.29) is 4.90 Å². The summed E-state index contributed by atoms with van der Waals surface area (Å²) in [5, 5.41) is 4.61. The van der Waals surface area contributed by atoms with Crippen LogP contribution in [0.4, 0.5) is 17.3 Å². The molecule has 5 aromatic rings. The SMILES string of the molecule is CN1CC2CC1CN2c1ccc(Nc2ncc3ccn(S(=O)(=O)c4cccc5cccnc45)c3n2)cc1. The van der Waals surface area contributed by atoms with Crippen molar-refractivity contribution in [3.63, 3.8) is 0 Å². The van der Waals surface area contributed by atoms with Crippen LogP contribution in [0.5, 0.6) is 0 Å². The fourth-order valence-electron chi connectivity index (χ4n) is 5.59. The van der Waals surface area contributed by atoms with E-state index in [0.717, 1.165) is 24.2 Å². The predicted molar refractivity (Wildman–Crippen MR) is 144 cm³/mol. The molecular formula is C27H25N7O2S. The Bertz CT molecular complexity index is 1740. The zero-order valence-corrected chi connectivity index (χ0v) is 21.0. The van der Waals surface area contributed by atoms with Gasteiger partial charge in [-0.05, 0) is 55.9 Å². The normalized spacial score (nSPS) is 19.8. The van der Waals surface area contributed by atoms with Crippen LogP contribution in [0.2, 0.25) is 0 Å². The van der Waals surface area contributed by atoms with Gasteiger partial charge in [0.25, 0.3) is 10.0 Å². The molecule has 9 nitrogen and oxygen atoms in total. The number of pyridine rings is 1. The Morgan fingerprint density at radius 1 is 0.919 bits per heavy atom. The Kier molecular flexibility index (Phi) is 4.95. The molecule has 37 heavy (non-hydrogen) atoms. The number of piperazine rings is 1. The lowest BCUT2D eigenvalue weighted by Crippen LogP contribution is -2.44. The highest BCUT2D eigenvalue weighted by molar-refractivity contribution is 7.90. The lowest BCUT2D eigenvalue weighted by molar-refractivity contribution is 0.292. The minimum absolute atomic E-state index is 0.133. The van der Waals surface area contributed by atoms with E-state index in [9.17, 15) is 8.42 Å². The van der Waals surface area contributed by atoms with Crippen molar-refractivity contribution in [2.45, 2.75) is 23.4 Å². The number of aromatic nitrogens is 4. The molecule has 2 atom stereocenters. The molecule has 2 aromatic carbocycles. The Hall–Kier alpha value is -4.02. The van der Waals surface area contributed by atoms with Crippen molar-refractivity contribution in [2.24, 2.45) is 0 Å². The Balaban J connectivity index is 1.18. The maximum atomic E-state index is 13.7. The van der Waals surface area contributed by atoms with Crippen LogP contribution in [0, 0.1) is 0 Å². The van der Waals surface area contributed by atoms with Crippen LogP contribution in [-0.2, 0) is 10.0 Å². The monoisotopic (exact) mass is 511 g/mol. The standard InChI is InChI=1S/C27H25N7O2S/c1-32-16-23-14-22(32)17-33(23)21-9-7-20(8-10-21)30-27-29-15-19-11-13-34(26(19)31-27)37(35,36)24-6-2-4-18-5-3-12-28-25(18)24/h2-13,15,22-23H,14,16-17H2,1H3,(H,29,30,31). The second-order valence-electron chi connectivity index (χ2n) is 9.73. The summed E-state index contributed by atoms with van der Waals surface area (Å²) >= 11 is 0. The molecule has 0 radical (unpaired) electrons. The first kappa shape index (κ1) is 22.2. The third-order valence-corrected chi connectivity index (χ3v) is 9.19. The molecule has 1 N–H and O–H groups in total. The number of fused-ring (bicyclic) bond motifs is 4. The van der Waals surface area contributed by atoms with E-state index in [2.05, 4.69) is 49.2 Å². The van der Waals surface area contributed by atoms with Crippen molar-refractivity contribution < 1.29 is 8.42 Å². The van der Waals surface area contributed by atoms with Crippen LogP contribution in [-0.4, -0.2) is 64.5 Å². The summed E-state index contributed by atoms with van der Waals surface area (Å²) in [5.74, 6) is 0.327. The molecule has 0 amide bonds. The average Bonchev–Trinajstić information content (AvgIpc) is 3.63. The molecule has 2 aliphatic heterocycles. The van der Waals surface area contributed by atoms with Crippen molar-refractivity contribution in [1.29, 1.82) is 0 Å². The molecule has 0 aliphatic carbocycles. The molecule has 2 bridgehead atoms. The van der Waals surface area contributed by atoms with Gasteiger partial charge < -0.3 is 10.2 Å². The molecule has 2 saturated heterocycles. The summed E-state index contributed by atoms with van der Waals surface area (Å²) in [7, 11) is -1.73. The summed E-state index contributed by atoms with van der Waals surface area (Å²) in [6.45, 7) is 2.17. The van der Waals surface area contributed by atoms with Crippen molar-refractivity contribution in [3.8, 4) is 0 Å². The van der Waals surface area contributed by atoms with Gasteiger partial charge in [0.2, 0.25) is 5.95 Å². The number of likely N-dealkylation sites (N-methyl/N-ethyl adjacent to an activating group) is 1. The second kappa shape index (κ2) is 8.25. The summed E-state index contributed by atoms with van der Waals surface area (Å²) < 4.78 is 28.5. The first-order valence-electron chi connectivity index (χ1n) is 12.2. The number of likely N-dealkylation sites (tertiary alicyclic amines) is 1. The van der Waals surface area contributed by atoms with Crippen LogP contribution >= 0.6 is 0 Å². The van der Waals surface area contributed by atoms with Gasteiger partial charge in [-0.3, -0.25) is 9.88 Å². The van der Waals surface area contributed by atoms with Crippen molar-refractivity contribution in [1.82, 2.24) is 23.8 Å². The largest absolute Gasteiger partial charge is 0.366 e. The molecular weight excluding hydrogens is 486 g/mol. The molecule has 10 heteroatoms. The number of nitrogens with zero attached hydrogens (tertiary/aromatic N) is 6. The van der Waals surface area contributed by atoms with E-state index in [1.54, 1.807) is 36.7 Å². The smallest absolute Gasteiger partial charge is 0.271 e. The topological polar surface area (TPSA) is 96.2 Å². The maximum absolute atomic E-state index is 13.7. The number of rotatable bonds is 5. The zero-order chi connectivity index (χ0) is 25.1. The summed E-state index contributed by atoms with van der Waals surface area (Å²) in [6.07, 6.45) is 5.96. The van der Waals surface area contributed by atoms with Crippen LogP contribution < -0.4 is 10.2 Å². The fraction of sp³-hybridized carbons (Fsp3) is 0.222. The zero-order valence-electron chi connectivity index (χ0n) is 20.2. The molecule has 0 spiro atoms. The van der Waals surface area contributed by atoms with Gasteiger partial charge in [-0.2, -0.15) is 4.98 Å². The third kappa shape index (κ3) is 3.63. The van der Waals surface area contributed by atoms with E-state index >= 15 is 0 Å². The van der Waals surface area contributed by atoms with E-state index in [0.29, 0.717) is 34.6 Å². The van der Waals surface area contributed by atoms with Gasteiger partial charge in [0, 0.05) is 65.9 Å². The van der Waals surface area contributed by atoms with Crippen LogP contribution in [0.3, 0.4) is 0 Å². The molecule has 3 aromatic heterocycles. The quantitative estimate of drug-likeness (QED) is 0.380. The lowest BCUT2D eigenvalue weighted by atomic mass is 10.2. The highest BCUT2D eigenvalue weighted by Gasteiger charge is 2.41. The van der Waals surface area contributed by atoms with Gasteiger partial charge in [-0.25, -0.2) is 17.4 Å². The van der Waals surface area contributed by atoms with E-state index < -0.39 is 10.0 Å². The number of anilines is 3. The fourth-order valence-corrected chi connectivity index (χ4v) is 7.06. The Morgan fingerprint density at radius 3 is 2.54 bits per heavy atom. The lowest BCUT2D eigenvalue weighted by Gasteiger charge is -2.33. The average molecular weight is 512 g/mol. The predicted octanol–water partition coefficient (Wildman–Crippen LogP) is 3.85. The molecule has 0 saturated carbocycles. The van der Waals surface area contributed by atoms with Gasteiger partial charge in [0.05, 0.1) is 5.52 Å². The van der Waals surface area contributed by atoms with Crippen LogP contribution in [0.1, 0.15) is 6.42 Å². The minimum Gasteiger partial charge on any atom is -0.366 e. The van der Waals surface area contributed by atoms with Gasteiger partial charge in [-0.15, -0.1) is 0 Å². The number of para-hydroxylation sites is 1. The van der Waals surface area contributed by atoms with Crippen molar-refractivity contribution >= 4 is 49.3 Å². The number of hydrogen-bond donors (Lipinski definition) is 1. The highest BCUT2D eigenvalue weighted by atomic mass is 32.2. The summed E-state index contributed by atoms with van der Waals surface area (Å²) in [6, 6.07) is 19.9. The van der Waals surface area contributed by atoms with Crippen LogP contribution in [0.25, 0.3) is 21.9 Å². The summed E-state index contributed by atoms with van der Waals surface area (Å²) in [4.78, 5) is 18.3. The van der Waals surface area contributed by atoms with E-state index in [1.807, 2.05) is 24.3 Å². The number of nitrogens with one attached hydrogen (secondary N) is 1. The summed E-state index contributed by atoms with van der Waals surface area (Å²) in [5.41, 5.74) is 2.78. The maximum Gasteiger partial charge on any atom is 0.271 e. The van der Waals surface area contributed by atoms with Gasteiger partial charge in [0.15, 0.2) is 5.65 Å². The molecule has 186 valence electrons. The number of hydrogen-bond acceptors (Lipinski definition) is 8. The Morgan fingerprint density at radius 2 is 1.76 bits per heavy atom. The Labute approximate surface area is 214 Å². The first-order valence-corrected chi connectivity index (χ1v) is 13.7. The second-order valence-corrected chi connectivity index (χ2v) is 11.5. The molecule has 2 unspecified atom stereocenters. The van der Waals surface area contributed by atoms with E-state index in [1.165, 1.54) is 22.3 Å². The van der Waals surface area contributed by atoms with Crippen molar-refractivity contribution in [3.05, 3.63) is 79.3 Å². The minimum atomic E-state index is -3.93. The van der Waals surface area contributed by atoms with Crippen LogP contribution in [0.15, 0.2) is 84.1 Å². The molecule has 2 fully saturated rings. The molecule has 2 aliphatic rings. The van der Waals surface area contributed by atoms with Crippen molar-refractivity contribution in [2.75, 3.05) is 30.4 Å². The van der Waals surface area contributed by atoms with E-state index in [4.69, 9.17) is 0 Å². The number of benzene rings is 2. The molecule has 5 heterocycles. The molecule has 7 rings (SSSR count).